The maximum atomic E-state index is 12.7. The Hall–Kier alpha value is -1.72. The molecule has 3 nitrogen and oxygen atoms in total. The van der Waals surface area contributed by atoms with E-state index in [1.165, 1.54) is 6.07 Å². The van der Waals surface area contributed by atoms with Crippen LogP contribution in [-0.2, 0) is 12.7 Å². The van der Waals surface area contributed by atoms with Gasteiger partial charge < -0.3 is 10.3 Å². The van der Waals surface area contributed by atoms with Gasteiger partial charge in [-0.05, 0) is 36.0 Å². The molecule has 0 aliphatic heterocycles. The lowest BCUT2D eigenvalue weighted by Gasteiger charge is -2.09. The van der Waals surface area contributed by atoms with Crippen molar-refractivity contribution in [1.29, 1.82) is 0 Å². The molecule has 6 heteroatoms. The summed E-state index contributed by atoms with van der Waals surface area (Å²) in [5, 5.41) is 0. The molecule has 2 aromatic rings. The zero-order chi connectivity index (χ0) is 14.7. The highest BCUT2D eigenvalue weighted by atomic mass is 19.4. The zero-order valence-corrected chi connectivity index (χ0v) is 11.3. The molecule has 1 saturated carbocycles. The van der Waals surface area contributed by atoms with Crippen molar-refractivity contribution in [3.8, 4) is 0 Å². The number of nitrogens with zero attached hydrogens (tertiary/aromatic N) is 2. The Bertz CT molecular complexity index is 670. The number of alkyl halides is 3. The minimum absolute atomic E-state index is 0.280. The number of hydrogen-bond donors (Lipinski definition) is 1. The van der Waals surface area contributed by atoms with Crippen LogP contribution in [0.15, 0.2) is 18.2 Å². The molecule has 0 spiro atoms. The molecule has 0 radical (unpaired) electrons. The highest BCUT2D eigenvalue weighted by Crippen LogP contribution is 2.52. The minimum atomic E-state index is -4.36. The summed E-state index contributed by atoms with van der Waals surface area (Å²) in [4.78, 5) is 4.06. The second kappa shape index (κ2) is 3.90. The summed E-state index contributed by atoms with van der Waals surface area (Å²) in [6.07, 6.45) is -3.25. The van der Waals surface area contributed by atoms with E-state index in [2.05, 4.69) is 18.8 Å². The Kier molecular flexibility index (Phi) is 2.59. The van der Waals surface area contributed by atoms with Crippen LogP contribution in [0.4, 0.5) is 19.1 Å². The summed E-state index contributed by atoms with van der Waals surface area (Å²) in [5.41, 5.74) is 6.41. The van der Waals surface area contributed by atoms with Gasteiger partial charge in [0.25, 0.3) is 0 Å². The molecule has 1 aromatic carbocycles. The molecule has 0 bridgehead atoms. The number of anilines is 1. The van der Waals surface area contributed by atoms with Crippen LogP contribution in [-0.4, -0.2) is 9.55 Å². The highest BCUT2D eigenvalue weighted by molar-refractivity contribution is 5.79. The van der Waals surface area contributed by atoms with E-state index in [0.717, 1.165) is 18.6 Å². The van der Waals surface area contributed by atoms with Crippen molar-refractivity contribution >= 4 is 17.0 Å². The van der Waals surface area contributed by atoms with Crippen LogP contribution in [0.1, 0.15) is 25.8 Å². The maximum absolute atomic E-state index is 12.7. The van der Waals surface area contributed by atoms with E-state index in [1.807, 2.05) is 4.57 Å². The summed E-state index contributed by atoms with van der Waals surface area (Å²) < 4.78 is 39.9. The molecule has 1 unspecified atom stereocenters. The second-order valence-electron chi connectivity index (χ2n) is 6.17. The predicted octanol–water partition coefficient (Wildman–Crippen LogP) is 3.68. The molecule has 0 amide bonds. The number of aromatic nitrogens is 2. The number of benzene rings is 1. The maximum Gasteiger partial charge on any atom is 0.416 e. The van der Waals surface area contributed by atoms with E-state index in [1.54, 1.807) is 0 Å². The standard InChI is InChI=1S/C14H16F3N3/c1-13(2)6-9(13)7-20-11-4-3-8(14(15,16)17)5-10(11)19-12(20)18/h3-5,9H,6-7H2,1-2H3,(H2,18,19). The first kappa shape index (κ1) is 13.3. The first-order valence-corrected chi connectivity index (χ1v) is 6.51. The average Bonchev–Trinajstić information content (AvgIpc) is 2.79. The van der Waals surface area contributed by atoms with Crippen molar-refractivity contribution in [2.45, 2.75) is 33.0 Å². The number of nitrogen functional groups attached to an aromatic ring is 1. The Morgan fingerprint density at radius 2 is 2.05 bits per heavy atom. The second-order valence-corrected chi connectivity index (χ2v) is 6.17. The number of fused-ring (bicyclic) bond motifs is 1. The van der Waals surface area contributed by atoms with Gasteiger partial charge in [-0.25, -0.2) is 4.98 Å². The van der Waals surface area contributed by atoms with Crippen LogP contribution in [0.5, 0.6) is 0 Å². The van der Waals surface area contributed by atoms with Gasteiger partial charge in [-0.1, -0.05) is 13.8 Å². The zero-order valence-electron chi connectivity index (χ0n) is 11.3. The summed E-state index contributed by atoms with van der Waals surface area (Å²) in [6.45, 7) is 5.06. The van der Waals surface area contributed by atoms with Gasteiger partial charge in [-0.15, -0.1) is 0 Å². The van der Waals surface area contributed by atoms with Crippen molar-refractivity contribution in [2.24, 2.45) is 11.3 Å². The molecule has 1 fully saturated rings. The molecule has 2 N–H and O–H groups in total. The number of hydrogen-bond acceptors (Lipinski definition) is 2. The van der Waals surface area contributed by atoms with Crippen molar-refractivity contribution < 1.29 is 13.2 Å². The Labute approximate surface area is 114 Å². The highest BCUT2D eigenvalue weighted by Gasteiger charge is 2.45. The van der Waals surface area contributed by atoms with E-state index in [4.69, 9.17) is 5.73 Å². The molecule has 108 valence electrons. The Balaban J connectivity index is 2.00. The van der Waals surface area contributed by atoms with Crippen LogP contribution in [0.25, 0.3) is 11.0 Å². The largest absolute Gasteiger partial charge is 0.416 e. The first-order valence-electron chi connectivity index (χ1n) is 6.51. The lowest BCUT2D eigenvalue weighted by atomic mass is 10.1. The third-order valence-corrected chi connectivity index (χ3v) is 4.23. The van der Waals surface area contributed by atoms with Crippen LogP contribution in [0.2, 0.25) is 0 Å². The molecule has 3 rings (SSSR count). The SMILES string of the molecule is CC1(C)CC1Cn1c(N)nc2cc(C(F)(F)F)ccc21. The topological polar surface area (TPSA) is 43.8 Å². The molecule has 1 aliphatic carbocycles. The van der Waals surface area contributed by atoms with Crippen LogP contribution >= 0.6 is 0 Å². The molecule has 1 aliphatic rings. The van der Waals surface area contributed by atoms with Gasteiger partial charge in [0, 0.05) is 6.54 Å². The fraction of sp³-hybridized carbons (Fsp3) is 0.500. The number of halogens is 3. The Morgan fingerprint density at radius 3 is 2.60 bits per heavy atom. The minimum Gasteiger partial charge on any atom is -0.369 e. The summed E-state index contributed by atoms with van der Waals surface area (Å²) in [6, 6.07) is 3.59. The van der Waals surface area contributed by atoms with Crippen molar-refractivity contribution in [3.05, 3.63) is 23.8 Å². The molecule has 1 atom stereocenters. The van der Waals surface area contributed by atoms with Gasteiger partial charge in [-0.3, -0.25) is 0 Å². The molecular formula is C14H16F3N3. The number of rotatable bonds is 2. The molecular weight excluding hydrogens is 267 g/mol. The van der Waals surface area contributed by atoms with Gasteiger partial charge in [0.05, 0.1) is 16.6 Å². The molecule has 0 saturated heterocycles. The summed E-state index contributed by atoms with van der Waals surface area (Å²) in [5.74, 6) is 0.784. The number of nitrogens with two attached hydrogens (primary N) is 1. The van der Waals surface area contributed by atoms with E-state index >= 15 is 0 Å². The third-order valence-electron chi connectivity index (χ3n) is 4.23. The third kappa shape index (κ3) is 2.13. The lowest BCUT2D eigenvalue weighted by molar-refractivity contribution is -0.137. The molecule has 1 aromatic heterocycles. The molecule has 20 heavy (non-hydrogen) atoms. The predicted molar refractivity (Wildman–Crippen MR) is 71.0 cm³/mol. The fourth-order valence-electron chi connectivity index (χ4n) is 2.62. The van der Waals surface area contributed by atoms with Gasteiger partial charge in [0.1, 0.15) is 0 Å². The van der Waals surface area contributed by atoms with Gasteiger partial charge >= 0.3 is 6.18 Å². The smallest absolute Gasteiger partial charge is 0.369 e. The van der Waals surface area contributed by atoms with E-state index in [-0.39, 0.29) is 11.4 Å². The summed E-state index contributed by atoms with van der Waals surface area (Å²) >= 11 is 0. The van der Waals surface area contributed by atoms with E-state index < -0.39 is 11.7 Å². The van der Waals surface area contributed by atoms with Gasteiger partial charge in [0.15, 0.2) is 0 Å². The molecule has 1 heterocycles. The van der Waals surface area contributed by atoms with Gasteiger partial charge in [-0.2, -0.15) is 13.2 Å². The van der Waals surface area contributed by atoms with E-state index in [0.29, 0.717) is 23.5 Å². The van der Waals surface area contributed by atoms with Gasteiger partial charge in [0.2, 0.25) is 5.95 Å². The fourth-order valence-corrected chi connectivity index (χ4v) is 2.62. The lowest BCUT2D eigenvalue weighted by Crippen LogP contribution is -2.07. The van der Waals surface area contributed by atoms with Crippen LogP contribution in [0.3, 0.4) is 0 Å². The number of imidazole rings is 1. The summed E-state index contributed by atoms with van der Waals surface area (Å²) in [7, 11) is 0. The van der Waals surface area contributed by atoms with Crippen LogP contribution < -0.4 is 5.73 Å². The Morgan fingerprint density at radius 1 is 1.40 bits per heavy atom. The normalized spacial score (nSPS) is 21.4. The first-order chi connectivity index (χ1) is 9.18. The van der Waals surface area contributed by atoms with Crippen molar-refractivity contribution in [1.82, 2.24) is 9.55 Å². The quantitative estimate of drug-likeness (QED) is 0.913. The van der Waals surface area contributed by atoms with Crippen molar-refractivity contribution in [3.63, 3.8) is 0 Å². The average molecular weight is 283 g/mol. The van der Waals surface area contributed by atoms with E-state index in [9.17, 15) is 13.2 Å². The van der Waals surface area contributed by atoms with Crippen LogP contribution in [0, 0.1) is 11.3 Å². The van der Waals surface area contributed by atoms with Crippen molar-refractivity contribution in [2.75, 3.05) is 5.73 Å². The monoisotopic (exact) mass is 283 g/mol.